The van der Waals surface area contributed by atoms with Gasteiger partial charge in [0.1, 0.15) is 6.04 Å². The largest absolute Gasteiger partial charge is 0.349 e. The summed E-state index contributed by atoms with van der Waals surface area (Å²) in [6.45, 7) is 0.609. The molecule has 1 N–H and O–H groups in total. The van der Waals surface area contributed by atoms with E-state index in [1.54, 1.807) is 23.1 Å². The Morgan fingerprint density at radius 1 is 1.00 bits per heavy atom. The van der Waals surface area contributed by atoms with E-state index in [2.05, 4.69) is 5.32 Å². The van der Waals surface area contributed by atoms with Gasteiger partial charge in [0.25, 0.3) is 5.91 Å². The molecule has 4 nitrogen and oxygen atoms in total. The van der Waals surface area contributed by atoms with E-state index >= 15 is 0 Å². The van der Waals surface area contributed by atoms with Crippen molar-refractivity contribution >= 4 is 35.0 Å². The zero-order chi connectivity index (χ0) is 19.5. The van der Waals surface area contributed by atoms with Crippen molar-refractivity contribution in [2.75, 3.05) is 6.54 Å². The van der Waals surface area contributed by atoms with Gasteiger partial charge < -0.3 is 10.2 Å². The zero-order valence-electron chi connectivity index (χ0n) is 15.9. The summed E-state index contributed by atoms with van der Waals surface area (Å²) in [5.41, 5.74) is 0.469. The normalized spacial score (nSPS) is 36.0. The number of rotatable bonds is 3. The fourth-order valence-electron chi connectivity index (χ4n) is 6.69. The first-order chi connectivity index (χ1) is 13.4. The number of amides is 2. The van der Waals surface area contributed by atoms with Gasteiger partial charge in [-0.15, -0.1) is 0 Å². The topological polar surface area (TPSA) is 49.4 Å². The number of hydrogen-bond donors (Lipinski definition) is 1. The molecular formula is C22H26Cl2N2O2. The number of hydrogen-bond acceptors (Lipinski definition) is 2. The highest BCUT2D eigenvalue weighted by molar-refractivity contribution is 6.42. The van der Waals surface area contributed by atoms with Crippen LogP contribution < -0.4 is 5.32 Å². The van der Waals surface area contributed by atoms with E-state index in [-0.39, 0.29) is 23.4 Å². The zero-order valence-corrected chi connectivity index (χ0v) is 17.4. The smallest absolute Gasteiger partial charge is 0.254 e. The van der Waals surface area contributed by atoms with Crippen LogP contribution in [-0.2, 0) is 4.79 Å². The lowest BCUT2D eigenvalue weighted by Crippen LogP contribution is -2.62. The SMILES string of the molecule is O=C(NC12CC3CC(CC(C3)C1)C2)C1CCCN1C(=O)c1ccc(Cl)c(Cl)c1. The third-order valence-corrected chi connectivity index (χ3v) is 8.15. The molecule has 6 rings (SSSR count). The third kappa shape index (κ3) is 3.23. The predicted octanol–water partition coefficient (Wildman–Crippen LogP) is 4.68. The van der Waals surface area contributed by atoms with E-state index in [1.807, 2.05) is 0 Å². The number of carbonyl (C=O) groups excluding carboxylic acids is 2. The molecule has 4 bridgehead atoms. The van der Waals surface area contributed by atoms with E-state index in [4.69, 9.17) is 23.2 Å². The van der Waals surface area contributed by atoms with Crippen molar-refractivity contribution in [3.63, 3.8) is 0 Å². The molecule has 4 aliphatic carbocycles. The van der Waals surface area contributed by atoms with Gasteiger partial charge in [0.15, 0.2) is 0 Å². The van der Waals surface area contributed by atoms with Gasteiger partial charge in [-0.25, -0.2) is 0 Å². The highest BCUT2D eigenvalue weighted by atomic mass is 35.5. The van der Waals surface area contributed by atoms with Crippen LogP contribution in [0, 0.1) is 17.8 Å². The lowest BCUT2D eigenvalue weighted by molar-refractivity contribution is -0.130. The molecular weight excluding hydrogens is 395 g/mol. The van der Waals surface area contributed by atoms with Gasteiger partial charge in [-0.1, -0.05) is 23.2 Å². The van der Waals surface area contributed by atoms with E-state index < -0.39 is 0 Å². The second-order valence-electron chi connectivity index (χ2n) is 9.47. The Morgan fingerprint density at radius 2 is 1.64 bits per heavy atom. The maximum Gasteiger partial charge on any atom is 0.254 e. The molecule has 5 fully saturated rings. The molecule has 1 aromatic carbocycles. The van der Waals surface area contributed by atoms with Crippen LogP contribution in [0.2, 0.25) is 10.0 Å². The fourth-order valence-corrected chi connectivity index (χ4v) is 6.98. The summed E-state index contributed by atoms with van der Waals surface area (Å²) < 4.78 is 0. The van der Waals surface area contributed by atoms with Crippen LogP contribution in [0.1, 0.15) is 61.7 Å². The molecule has 1 aromatic rings. The van der Waals surface area contributed by atoms with E-state index in [9.17, 15) is 9.59 Å². The van der Waals surface area contributed by atoms with Crippen molar-refractivity contribution in [3.05, 3.63) is 33.8 Å². The second kappa shape index (κ2) is 6.91. The molecule has 1 aliphatic heterocycles. The summed E-state index contributed by atoms with van der Waals surface area (Å²) in [5, 5.41) is 4.23. The highest BCUT2D eigenvalue weighted by Gasteiger charge is 2.52. The van der Waals surface area contributed by atoms with E-state index in [0.29, 0.717) is 22.2 Å². The van der Waals surface area contributed by atoms with Crippen LogP contribution in [0.25, 0.3) is 0 Å². The molecule has 0 spiro atoms. The molecule has 150 valence electrons. The Labute approximate surface area is 175 Å². The van der Waals surface area contributed by atoms with Crippen LogP contribution in [0.3, 0.4) is 0 Å². The minimum Gasteiger partial charge on any atom is -0.349 e. The van der Waals surface area contributed by atoms with Crippen molar-refractivity contribution in [3.8, 4) is 0 Å². The molecule has 5 aliphatic rings. The summed E-state index contributed by atoms with van der Waals surface area (Å²) in [5.74, 6) is 2.24. The second-order valence-corrected chi connectivity index (χ2v) is 10.3. The maximum atomic E-state index is 13.2. The van der Waals surface area contributed by atoms with E-state index in [1.165, 1.54) is 19.3 Å². The van der Waals surface area contributed by atoms with Crippen molar-refractivity contribution in [1.29, 1.82) is 0 Å². The van der Waals surface area contributed by atoms with Gasteiger partial charge >= 0.3 is 0 Å². The van der Waals surface area contributed by atoms with Crippen LogP contribution in [0.5, 0.6) is 0 Å². The Bertz CT molecular complexity index is 789. The van der Waals surface area contributed by atoms with Gasteiger partial charge in [0.2, 0.25) is 5.91 Å². The molecule has 0 aromatic heterocycles. The van der Waals surface area contributed by atoms with Crippen molar-refractivity contribution in [2.45, 2.75) is 62.9 Å². The highest BCUT2D eigenvalue weighted by Crippen LogP contribution is 2.55. The minimum atomic E-state index is -0.380. The van der Waals surface area contributed by atoms with Crippen LogP contribution in [0.4, 0.5) is 0 Å². The summed E-state index contributed by atoms with van der Waals surface area (Å²) >= 11 is 12.1. The minimum absolute atomic E-state index is 0.0211. The van der Waals surface area contributed by atoms with Crippen molar-refractivity contribution in [2.24, 2.45) is 17.8 Å². The van der Waals surface area contributed by atoms with Gasteiger partial charge in [-0.2, -0.15) is 0 Å². The Morgan fingerprint density at radius 3 is 2.25 bits per heavy atom. The maximum absolute atomic E-state index is 13.2. The average Bonchev–Trinajstić information content (AvgIpc) is 3.12. The first-order valence-corrected chi connectivity index (χ1v) is 11.3. The van der Waals surface area contributed by atoms with Gasteiger partial charge in [-0.05, 0) is 87.3 Å². The van der Waals surface area contributed by atoms with Crippen molar-refractivity contribution < 1.29 is 9.59 Å². The number of nitrogens with one attached hydrogen (secondary N) is 1. The van der Waals surface area contributed by atoms with Gasteiger partial charge in [0, 0.05) is 17.6 Å². The molecule has 2 amide bonds. The lowest BCUT2D eigenvalue weighted by Gasteiger charge is -2.57. The van der Waals surface area contributed by atoms with Crippen LogP contribution in [0.15, 0.2) is 18.2 Å². The Hall–Kier alpha value is -1.26. The molecule has 4 saturated carbocycles. The summed E-state index contributed by atoms with van der Waals surface area (Å²) in [6, 6.07) is 4.54. The molecule has 6 heteroatoms. The fraction of sp³-hybridized carbons (Fsp3) is 0.636. The monoisotopic (exact) mass is 420 g/mol. The van der Waals surface area contributed by atoms with Gasteiger partial charge in [0.05, 0.1) is 10.0 Å². The Balaban J connectivity index is 1.32. The number of halogens is 2. The van der Waals surface area contributed by atoms with E-state index in [0.717, 1.165) is 49.9 Å². The molecule has 0 radical (unpaired) electrons. The molecule has 1 unspecified atom stereocenters. The Kier molecular flexibility index (Phi) is 4.63. The van der Waals surface area contributed by atoms with Crippen molar-refractivity contribution in [1.82, 2.24) is 10.2 Å². The molecule has 1 atom stereocenters. The lowest BCUT2D eigenvalue weighted by atomic mass is 9.53. The third-order valence-electron chi connectivity index (χ3n) is 7.41. The van der Waals surface area contributed by atoms with Crippen LogP contribution in [-0.4, -0.2) is 34.8 Å². The van der Waals surface area contributed by atoms with Gasteiger partial charge in [-0.3, -0.25) is 9.59 Å². The summed E-state index contributed by atoms with van der Waals surface area (Å²) in [6.07, 6.45) is 8.99. The number of likely N-dealkylation sites (tertiary alicyclic amines) is 1. The quantitative estimate of drug-likeness (QED) is 0.770. The summed E-state index contributed by atoms with van der Waals surface area (Å²) in [4.78, 5) is 28.0. The van der Waals surface area contributed by atoms with Crippen LogP contribution >= 0.6 is 23.2 Å². The first kappa shape index (κ1) is 18.7. The number of carbonyl (C=O) groups is 2. The standard InChI is InChI=1S/C22H26Cl2N2O2/c23-17-4-3-16(9-18(17)24)21(28)26-5-1-2-19(26)20(27)25-22-10-13-6-14(11-22)8-15(7-13)12-22/h3-4,9,13-15,19H,1-2,5-8,10-12H2,(H,25,27). The molecule has 1 saturated heterocycles. The number of benzene rings is 1. The summed E-state index contributed by atoms with van der Waals surface area (Å²) in [7, 11) is 0. The average molecular weight is 421 g/mol. The first-order valence-electron chi connectivity index (χ1n) is 10.5. The molecule has 1 heterocycles. The number of nitrogens with zero attached hydrogens (tertiary/aromatic N) is 1. The molecule has 28 heavy (non-hydrogen) atoms. The predicted molar refractivity (Wildman–Crippen MR) is 110 cm³/mol.